The van der Waals surface area contributed by atoms with E-state index in [2.05, 4.69) is 5.32 Å². The van der Waals surface area contributed by atoms with Gasteiger partial charge in [-0.15, -0.1) is 0 Å². The van der Waals surface area contributed by atoms with Crippen molar-refractivity contribution in [2.45, 2.75) is 24.4 Å². The van der Waals surface area contributed by atoms with E-state index in [0.717, 1.165) is 28.8 Å². The molecule has 0 saturated carbocycles. The van der Waals surface area contributed by atoms with Gasteiger partial charge in [0, 0.05) is 23.2 Å². The van der Waals surface area contributed by atoms with Gasteiger partial charge in [0.25, 0.3) is 0 Å². The van der Waals surface area contributed by atoms with Crippen LogP contribution in [0.5, 0.6) is 0 Å². The van der Waals surface area contributed by atoms with Crippen LogP contribution in [0.25, 0.3) is 0 Å². The number of hydrazone groups is 1. The number of alkyl halides is 3. The van der Waals surface area contributed by atoms with Crippen molar-refractivity contribution >= 4 is 17.3 Å². The van der Waals surface area contributed by atoms with Crippen LogP contribution in [0.1, 0.15) is 28.7 Å². The molecule has 2 aliphatic rings. The number of rotatable bonds is 4. The van der Waals surface area contributed by atoms with E-state index in [1.54, 1.807) is 23.2 Å². The molecule has 0 radical (unpaired) electrons. The summed E-state index contributed by atoms with van der Waals surface area (Å²) in [6.45, 7) is 0.304. The zero-order valence-corrected chi connectivity index (χ0v) is 18.4. The lowest BCUT2D eigenvalue weighted by Gasteiger charge is -2.38. The maximum absolute atomic E-state index is 14.0. The fourth-order valence-corrected chi connectivity index (χ4v) is 4.85. The second-order valence-electron chi connectivity index (χ2n) is 8.78. The molecule has 1 heterocycles. The smallest absolute Gasteiger partial charge is 0.324 e. The molecule has 1 aliphatic heterocycles. The van der Waals surface area contributed by atoms with Gasteiger partial charge in [-0.1, -0.05) is 12.1 Å². The van der Waals surface area contributed by atoms with Crippen molar-refractivity contribution in [2.24, 2.45) is 5.10 Å². The molecule has 3 aromatic rings. The number of hydrogen-bond acceptors (Lipinski definition) is 3. The van der Waals surface area contributed by atoms with E-state index in [4.69, 9.17) is 5.10 Å². The molecule has 5 rings (SSSR count). The lowest BCUT2D eigenvalue weighted by Crippen LogP contribution is -2.45. The monoisotopic (exact) mass is 485 g/mol. The Hall–Kier alpha value is -3.75. The Bertz CT molecular complexity index is 1300. The highest BCUT2D eigenvalue weighted by molar-refractivity contribution is 6.12. The third kappa shape index (κ3) is 4.38. The van der Waals surface area contributed by atoms with Crippen molar-refractivity contribution in [1.82, 2.24) is 5.01 Å². The SMILES string of the molecule is O=C(CN1CCC2(c3ccc(F)cc3)Cc3cc(F)ccc3C2=N1)Nc1ccc(C(F)(F)F)cc1. The first-order valence-electron chi connectivity index (χ1n) is 11.0. The van der Waals surface area contributed by atoms with Gasteiger partial charge in [0.15, 0.2) is 0 Å². The summed E-state index contributed by atoms with van der Waals surface area (Å²) in [6, 6.07) is 14.9. The first kappa shape index (κ1) is 23.0. The normalized spacial score (nSPS) is 19.1. The minimum absolute atomic E-state index is 0.111. The number of amides is 1. The number of benzene rings is 3. The molecule has 4 nitrogen and oxygen atoms in total. The van der Waals surface area contributed by atoms with Gasteiger partial charge >= 0.3 is 6.18 Å². The molecule has 180 valence electrons. The summed E-state index contributed by atoms with van der Waals surface area (Å²) in [5.41, 5.74) is 2.01. The maximum atomic E-state index is 14.0. The lowest BCUT2D eigenvalue weighted by atomic mass is 9.73. The molecule has 0 fully saturated rings. The van der Waals surface area contributed by atoms with Gasteiger partial charge in [0.1, 0.15) is 18.2 Å². The molecule has 1 amide bonds. The molecule has 0 aromatic heterocycles. The molecule has 1 N–H and O–H groups in total. The van der Waals surface area contributed by atoms with Gasteiger partial charge in [0.05, 0.1) is 11.3 Å². The van der Waals surface area contributed by atoms with Crippen LogP contribution in [0.2, 0.25) is 0 Å². The minimum Gasteiger partial charge on any atom is -0.324 e. The number of carbonyl (C=O) groups is 1. The first-order valence-corrected chi connectivity index (χ1v) is 11.0. The molecule has 35 heavy (non-hydrogen) atoms. The van der Waals surface area contributed by atoms with Crippen LogP contribution in [0.3, 0.4) is 0 Å². The minimum atomic E-state index is -4.45. The fourth-order valence-electron chi connectivity index (χ4n) is 4.85. The highest BCUT2D eigenvalue weighted by Gasteiger charge is 2.47. The van der Waals surface area contributed by atoms with E-state index in [1.165, 1.54) is 36.4 Å². The molecule has 3 aromatic carbocycles. The second-order valence-corrected chi connectivity index (χ2v) is 8.78. The topological polar surface area (TPSA) is 44.7 Å². The van der Waals surface area contributed by atoms with Crippen LogP contribution in [-0.2, 0) is 22.8 Å². The molecule has 1 unspecified atom stereocenters. The largest absolute Gasteiger partial charge is 0.416 e. The highest BCUT2D eigenvalue weighted by Crippen LogP contribution is 2.45. The van der Waals surface area contributed by atoms with Gasteiger partial charge in [-0.2, -0.15) is 18.3 Å². The number of fused-ring (bicyclic) bond motifs is 3. The van der Waals surface area contributed by atoms with Gasteiger partial charge in [-0.05, 0) is 78.6 Å². The van der Waals surface area contributed by atoms with E-state index >= 15 is 0 Å². The van der Waals surface area contributed by atoms with E-state index in [1.807, 2.05) is 0 Å². The van der Waals surface area contributed by atoms with Crippen LogP contribution < -0.4 is 5.32 Å². The van der Waals surface area contributed by atoms with Crippen molar-refractivity contribution in [3.8, 4) is 0 Å². The number of nitrogens with zero attached hydrogens (tertiary/aromatic N) is 2. The maximum Gasteiger partial charge on any atom is 0.416 e. The molecule has 1 aliphatic carbocycles. The quantitative estimate of drug-likeness (QED) is 0.495. The van der Waals surface area contributed by atoms with Crippen molar-refractivity contribution in [3.05, 3.63) is 101 Å². The third-order valence-corrected chi connectivity index (χ3v) is 6.52. The first-order chi connectivity index (χ1) is 16.6. The molecule has 0 saturated heterocycles. The van der Waals surface area contributed by atoms with Gasteiger partial charge in [0.2, 0.25) is 5.91 Å². The molecular weight excluding hydrogens is 465 g/mol. The Balaban J connectivity index is 1.39. The summed E-state index contributed by atoms with van der Waals surface area (Å²) >= 11 is 0. The van der Waals surface area contributed by atoms with Crippen LogP contribution in [0.4, 0.5) is 27.6 Å². The van der Waals surface area contributed by atoms with Crippen molar-refractivity contribution in [1.29, 1.82) is 0 Å². The van der Waals surface area contributed by atoms with Crippen LogP contribution in [0, 0.1) is 11.6 Å². The Morgan fingerprint density at radius 1 is 0.971 bits per heavy atom. The molecule has 0 spiro atoms. The predicted octanol–water partition coefficient (Wildman–Crippen LogP) is 5.53. The second kappa shape index (κ2) is 8.48. The average molecular weight is 485 g/mol. The van der Waals surface area contributed by atoms with Gasteiger partial charge in [-0.3, -0.25) is 9.80 Å². The van der Waals surface area contributed by atoms with Crippen LogP contribution in [-0.4, -0.2) is 29.7 Å². The Morgan fingerprint density at radius 2 is 1.66 bits per heavy atom. The zero-order valence-electron chi connectivity index (χ0n) is 18.4. The van der Waals surface area contributed by atoms with Crippen molar-refractivity contribution in [2.75, 3.05) is 18.4 Å². The van der Waals surface area contributed by atoms with E-state index < -0.39 is 23.1 Å². The Kier molecular flexibility index (Phi) is 5.57. The van der Waals surface area contributed by atoms with Crippen LogP contribution in [0.15, 0.2) is 71.8 Å². The predicted molar refractivity (Wildman–Crippen MR) is 121 cm³/mol. The number of carbonyl (C=O) groups excluding carboxylic acids is 1. The van der Waals surface area contributed by atoms with Gasteiger partial charge in [-0.25, -0.2) is 8.78 Å². The van der Waals surface area contributed by atoms with E-state index in [9.17, 15) is 26.7 Å². The number of halogens is 5. The number of anilines is 1. The number of nitrogens with one attached hydrogen (secondary N) is 1. The van der Waals surface area contributed by atoms with Crippen molar-refractivity contribution < 1.29 is 26.7 Å². The molecule has 0 bridgehead atoms. The molecule has 9 heteroatoms. The Labute approximate surface area is 198 Å². The van der Waals surface area contributed by atoms with Crippen LogP contribution >= 0.6 is 0 Å². The third-order valence-electron chi connectivity index (χ3n) is 6.52. The summed E-state index contributed by atoms with van der Waals surface area (Å²) in [6.07, 6.45) is -3.37. The lowest BCUT2D eigenvalue weighted by molar-refractivity contribution is -0.137. The average Bonchev–Trinajstić information content (AvgIpc) is 3.13. The summed E-state index contributed by atoms with van der Waals surface area (Å²) in [7, 11) is 0. The summed E-state index contributed by atoms with van der Waals surface area (Å²) in [5.74, 6) is -1.15. The summed E-state index contributed by atoms with van der Waals surface area (Å²) in [5, 5.41) is 8.92. The fraction of sp³-hybridized carbons (Fsp3) is 0.231. The standard InChI is InChI=1S/C26H20F5N3O/c27-19-5-1-17(2-6-19)25-11-12-34(33-24(25)22-10-7-20(28)13-16(22)14-25)15-23(35)32-21-8-3-18(4-9-21)26(29,30)31/h1-10,13H,11-12,14-15H2,(H,32,35). The molecule has 1 atom stereocenters. The van der Waals surface area contributed by atoms with E-state index in [0.29, 0.717) is 25.1 Å². The summed E-state index contributed by atoms with van der Waals surface area (Å²) < 4.78 is 65.8. The summed E-state index contributed by atoms with van der Waals surface area (Å²) in [4.78, 5) is 12.6. The van der Waals surface area contributed by atoms with Gasteiger partial charge < -0.3 is 5.32 Å². The molecular formula is C26H20F5N3O. The Morgan fingerprint density at radius 3 is 2.34 bits per heavy atom. The zero-order chi connectivity index (χ0) is 24.8. The van der Waals surface area contributed by atoms with E-state index in [-0.39, 0.29) is 23.9 Å². The highest BCUT2D eigenvalue weighted by atomic mass is 19.4. The number of hydrogen-bond donors (Lipinski definition) is 1. The van der Waals surface area contributed by atoms with Crippen molar-refractivity contribution in [3.63, 3.8) is 0 Å².